The van der Waals surface area contributed by atoms with Crippen LogP contribution in [0.15, 0.2) is 59.1 Å². The Labute approximate surface area is 155 Å². The molecule has 2 rings (SSSR count). The fraction of sp³-hybridized carbons (Fsp3) is 0.263. The Kier molecular flexibility index (Phi) is 7.01. The van der Waals surface area contributed by atoms with Gasteiger partial charge in [-0.05, 0) is 49.7 Å². The molecule has 2 aromatic rings. The Bertz CT molecular complexity index is 703. The van der Waals surface area contributed by atoms with E-state index in [0.29, 0.717) is 17.9 Å². The number of nitrogens with one attached hydrogen (secondary N) is 1. The Morgan fingerprint density at radius 2 is 1.72 bits per heavy atom. The van der Waals surface area contributed by atoms with Crippen LogP contribution in [-0.2, 0) is 14.3 Å². The maximum atomic E-state index is 12.3. The van der Waals surface area contributed by atoms with Crippen molar-refractivity contribution in [3.63, 3.8) is 0 Å². The summed E-state index contributed by atoms with van der Waals surface area (Å²) in [7, 11) is 0. The Morgan fingerprint density at radius 3 is 2.32 bits per heavy atom. The molecule has 0 bridgehead atoms. The van der Waals surface area contributed by atoms with Crippen LogP contribution >= 0.6 is 15.9 Å². The van der Waals surface area contributed by atoms with Crippen LogP contribution in [0, 0.1) is 0 Å². The zero-order valence-corrected chi connectivity index (χ0v) is 15.7. The average molecular weight is 406 g/mol. The van der Waals surface area contributed by atoms with Gasteiger partial charge in [-0.25, -0.2) is 4.79 Å². The Morgan fingerprint density at radius 1 is 1.08 bits per heavy atom. The van der Waals surface area contributed by atoms with Crippen LogP contribution in [0.4, 0.5) is 5.69 Å². The van der Waals surface area contributed by atoms with Crippen molar-refractivity contribution in [3.8, 4) is 5.75 Å². The lowest BCUT2D eigenvalue weighted by Gasteiger charge is -2.19. The number of ether oxygens (including phenoxy) is 2. The quantitative estimate of drug-likeness (QED) is 0.701. The molecule has 0 saturated carbocycles. The molecule has 0 spiro atoms. The van der Waals surface area contributed by atoms with Crippen LogP contribution in [0.3, 0.4) is 0 Å². The van der Waals surface area contributed by atoms with E-state index >= 15 is 0 Å². The van der Waals surface area contributed by atoms with E-state index < -0.39 is 24.1 Å². The standard InChI is InChI=1S/C19H20BrNO4/c1-3-17(25-16-7-5-4-6-8-16)19(23)24-13(2)18(22)21-15-11-9-14(20)10-12-15/h4-13,17H,3H2,1-2H3,(H,21,22)/t13-,17-/m1/s1. The number of carbonyl (C=O) groups is 2. The lowest BCUT2D eigenvalue weighted by molar-refractivity contribution is -0.160. The maximum absolute atomic E-state index is 12.3. The molecule has 1 N–H and O–H groups in total. The summed E-state index contributed by atoms with van der Waals surface area (Å²) < 4.78 is 11.8. The van der Waals surface area contributed by atoms with E-state index in [1.165, 1.54) is 6.92 Å². The van der Waals surface area contributed by atoms with Gasteiger partial charge in [-0.2, -0.15) is 0 Å². The second kappa shape index (κ2) is 9.22. The minimum atomic E-state index is -0.926. The van der Waals surface area contributed by atoms with Gasteiger partial charge in [-0.15, -0.1) is 0 Å². The summed E-state index contributed by atoms with van der Waals surface area (Å²) in [5, 5.41) is 2.70. The van der Waals surface area contributed by atoms with Crippen LogP contribution in [0.1, 0.15) is 20.3 Å². The van der Waals surface area contributed by atoms with Gasteiger partial charge in [0.2, 0.25) is 0 Å². The van der Waals surface area contributed by atoms with Gasteiger partial charge in [0, 0.05) is 10.2 Å². The predicted molar refractivity (Wildman–Crippen MR) is 99.5 cm³/mol. The van der Waals surface area contributed by atoms with Crippen molar-refractivity contribution in [3.05, 3.63) is 59.1 Å². The molecule has 132 valence electrons. The summed E-state index contributed by atoms with van der Waals surface area (Å²) >= 11 is 3.33. The van der Waals surface area contributed by atoms with Crippen molar-refractivity contribution >= 4 is 33.5 Å². The van der Waals surface area contributed by atoms with Crippen LogP contribution < -0.4 is 10.1 Å². The van der Waals surface area contributed by atoms with E-state index in [9.17, 15) is 9.59 Å². The summed E-state index contributed by atoms with van der Waals surface area (Å²) in [6, 6.07) is 16.2. The third-order valence-corrected chi connectivity index (χ3v) is 3.96. The number of carbonyl (C=O) groups excluding carboxylic acids is 2. The molecule has 0 saturated heterocycles. The molecule has 5 nitrogen and oxygen atoms in total. The first-order chi connectivity index (χ1) is 12.0. The SMILES string of the molecule is CC[C@@H](Oc1ccccc1)C(=O)O[C@H](C)C(=O)Nc1ccc(Br)cc1. The predicted octanol–water partition coefficient (Wildman–Crippen LogP) is 4.18. The Hall–Kier alpha value is -2.34. The van der Waals surface area contributed by atoms with Gasteiger partial charge in [0.05, 0.1) is 0 Å². The highest BCUT2D eigenvalue weighted by molar-refractivity contribution is 9.10. The van der Waals surface area contributed by atoms with Crippen LogP contribution in [0.2, 0.25) is 0 Å². The van der Waals surface area contributed by atoms with E-state index in [0.717, 1.165) is 4.47 Å². The fourth-order valence-corrected chi connectivity index (χ4v) is 2.31. The average Bonchev–Trinajstić information content (AvgIpc) is 2.62. The summed E-state index contributed by atoms with van der Waals surface area (Å²) in [6.07, 6.45) is -1.25. The van der Waals surface area contributed by atoms with Gasteiger partial charge in [0.1, 0.15) is 5.75 Å². The third kappa shape index (κ3) is 5.90. The minimum Gasteiger partial charge on any atom is -0.479 e. The van der Waals surface area contributed by atoms with Gasteiger partial charge in [-0.3, -0.25) is 4.79 Å². The molecule has 0 aliphatic heterocycles. The van der Waals surface area contributed by atoms with Crippen molar-refractivity contribution in [1.29, 1.82) is 0 Å². The summed E-state index contributed by atoms with van der Waals surface area (Å²) in [5.41, 5.74) is 0.628. The van der Waals surface area contributed by atoms with Gasteiger partial charge >= 0.3 is 5.97 Å². The van der Waals surface area contributed by atoms with Gasteiger partial charge < -0.3 is 14.8 Å². The van der Waals surface area contributed by atoms with Crippen molar-refractivity contribution in [2.45, 2.75) is 32.5 Å². The molecule has 0 unspecified atom stereocenters. The van der Waals surface area contributed by atoms with Crippen molar-refractivity contribution in [2.24, 2.45) is 0 Å². The van der Waals surface area contributed by atoms with Crippen molar-refractivity contribution < 1.29 is 19.1 Å². The zero-order chi connectivity index (χ0) is 18.2. The number of amides is 1. The summed E-state index contributed by atoms with van der Waals surface area (Å²) in [5.74, 6) is -0.381. The second-order valence-electron chi connectivity index (χ2n) is 5.40. The van der Waals surface area contributed by atoms with Crippen LogP contribution in [0.5, 0.6) is 5.75 Å². The fourth-order valence-electron chi connectivity index (χ4n) is 2.04. The first-order valence-electron chi connectivity index (χ1n) is 7.98. The largest absolute Gasteiger partial charge is 0.479 e. The molecule has 6 heteroatoms. The number of halogens is 1. The number of benzene rings is 2. The smallest absolute Gasteiger partial charge is 0.348 e. The number of hydrogen-bond acceptors (Lipinski definition) is 4. The highest BCUT2D eigenvalue weighted by atomic mass is 79.9. The molecule has 1 amide bonds. The van der Waals surface area contributed by atoms with Crippen LogP contribution in [-0.4, -0.2) is 24.1 Å². The lowest BCUT2D eigenvalue weighted by Crippen LogP contribution is -2.36. The number of para-hydroxylation sites is 1. The van der Waals surface area contributed by atoms with E-state index in [-0.39, 0.29) is 0 Å². The molecular weight excluding hydrogens is 386 g/mol. The zero-order valence-electron chi connectivity index (χ0n) is 14.1. The number of anilines is 1. The van der Waals surface area contributed by atoms with E-state index in [1.54, 1.807) is 24.3 Å². The molecule has 0 aliphatic carbocycles. The molecule has 2 atom stereocenters. The first kappa shape index (κ1) is 19.0. The second-order valence-corrected chi connectivity index (χ2v) is 6.32. The van der Waals surface area contributed by atoms with Crippen LogP contribution in [0.25, 0.3) is 0 Å². The molecule has 0 heterocycles. The normalized spacial score (nSPS) is 12.8. The number of esters is 1. The van der Waals surface area contributed by atoms with Crippen molar-refractivity contribution in [2.75, 3.05) is 5.32 Å². The first-order valence-corrected chi connectivity index (χ1v) is 8.77. The molecule has 25 heavy (non-hydrogen) atoms. The number of rotatable bonds is 7. The van der Waals surface area contributed by atoms with E-state index in [2.05, 4.69) is 21.2 Å². The third-order valence-electron chi connectivity index (χ3n) is 3.43. The van der Waals surface area contributed by atoms with E-state index in [4.69, 9.17) is 9.47 Å². The van der Waals surface area contributed by atoms with E-state index in [1.807, 2.05) is 37.3 Å². The lowest BCUT2D eigenvalue weighted by atomic mass is 10.2. The van der Waals surface area contributed by atoms with Gasteiger partial charge in [-0.1, -0.05) is 41.1 Å². The summed E-state index contributed by atoms with van der Waals surface area (Å²) in [4.78, 5) is 24.4. The minimum absolute atomic E-state index is 0.398. The van der Waals surface area contributed by atoms with Crippen molar-refractivity contribution in [1.82, 2.24) is 0 Å². The molecular formula is C19H20BrNO4. The topological polar surface area (TPSA) is 64.6 Å². The highest BCUT2D eigenvalue weighted by Crippen LogP contribution is 2.16. The monoisotopic (exact) mass is 405 g/mol. The molecule has 0 radical (unpaired) electrons. The maximum Gasteiger partial charge on any atom is 0.348 e. The summed E-state index contributed by atoms with van der Waals surface area (Å²) in [6.45, 7) is 3.35. The van der Waals surface area contributed by atoms with Gasteiger partial charge in [0.15, 0.2) is 12.2 Å². The van der Waals surface area contributed by atoms with Gasteiger partial charge in [0.25, 0.3) is 5.91 Å². The molecule has 0 fully saturated rings. The molecule has 0 aromatic heterocycles. The number of hydrogen-bond donors (Lipinski definition) is 1. The Balaban J connectivity index is 1.90. The molecule has 2 aromatic carbocycles. The molecule has 0 aliphatic rings. The highest BCUT2D eigenvalue weighted by Gasteiger charge is 2.25.